The second kappa shape index (κ2) is 8.47. The number of aromatic hydroxyl groups is 1. The molecule has 3 aromatic rings. The molecule has 1 unspecified atom stereocenters. The molecule has 0 spiro atoms. The van der Waals surface area contributed by atoms with Gasteiger partial charge in [0.05, 0.1) is 24.8 Å². The van der Waals surface area contributed by atoms with E-state index in [1.54, 1.807) is 42.9 Å². The second-order valence-electron chi connectivity index (χ2n) is 7.31. The summed E-state index contributed by atoms with van der Waals surface area (Å²) < 4.78 is 12.7. The van der Waals surface area contributed by atoms with E-state index >= 15 is 0 Å². The molecule has 164 valence electrons. The molecule has 0 radical (unpaired) electrons. The maximum Gasteiger partial charge on any atom is 0.271 e. The molecule has 32 heavy (non-hydrogen) atoms. The highest BCUT2D eigenvalue weighted by Crippen LogP contribution is 2.35. The van der Waals surface area contributed by atoms with Crippen LogP contribution in [0.3, 0.4) is 0 Å². The van der Waals surface area contributed by atoms with Gasteiger partial charge in [-0.05, 0) is 43.7 Å². The number of rotatable bonds is 5. The molecule has 7 nitrogen and oxygen atoms in total. The summed E-state index contributed by atoms with van der Waals surface area (Å²) in [5.74, 6) is 0.764. The number of carbonyl (C=O) groups excluding carboxylic acids is 1. The summed E-state index contributed by atoms with van der Waals surface area (Å²) in [6, 6.07) is 11.6. The number of carbonyl (C=O) groups is 1. The predicted octanol–water partition coefficient (Wildman–Crippen LogP) is 2.55. The number of benzene rings is 2. The van der Waals surface area contributed by atoms with E-state index < -0.39 is 6.04 Å². The van der Waals surface area contributed by atoms with Crippen LogP contribution in [0, 0.1) is 0 Å². The summed E-state index contributed by atoms with van der Waals surface area (Å²) in [7, 11) is 3.02. The first-order chi connectivity index (χ1) is 15.3. The third-order valence-electron chi connectivity index (χ3n) is 5.34. The first-order valence-corrected chi connectivity index (χ1v) is 10.7. The second-order valence-corrected chi connectivity index (χ2v) is 8.32. The van der Waals surface area contributed by atoms with Gasteiger partial charge in [0.2, 0.25) is 0 Å². The Morgan fingerprint density at radius 1 is 1.16 bits per heavy atom. The van der Waals surface area contributed by atoms with Crippen molar-refractivity contribution in [3.8, 4) is 17.2 Å². The van der Waals surface area contributed by atoms with Gasteiger partial charge in [0, 0.05) is 16.8 Å². The Morgan fingerprint density at radius 2 is 1.88 bits per heavy atom. The monoisotopic (exact) mass is 450 g/mol. The molecule has 1 atom stereocenters. The fourth-order valence-electron chi connectivity index (χ4n) is 3.89. The van der Waals surface area contributed by atoms with E-state index in [2.05, 4.69) is 4.99 Å². The zero-order valence-corrected chi connectivity index (χ0v) is 18.9. The van der Waals surface area contributed by atoms with E-state index in [1.165, 1.54) is 31.4 Å². The van der Waals surface area contributed by atoms with Gasteiger partial charge in [-0.15, -0.1) is 0 Å². The van der Waals surface area contributed by atoms with Gasteiger partial charge in [-0.3, -0.25) is 14.2 Å². The first-order valence-electron chi connectivity index (χ1n) is 9.89. The predicted molar refractivity (Wildman–Crippen MR) is 122 cm³/mol. The minimum Gasteiger partial charge on any atom is -0.504 e. The molecule has 2 heterocycles. The maximum absolute atomic E-state index is 13.5. The van der Waals surface area contributed by atoms with Crippen molar-refractivity contribution in [2.75, 3.05) is 14.2 Å². The number of thiazole rings is 1. The van der Waals surface area contributed by atoms with Gasteiger partial charge < -0.3 is 14.6 Å². The summed E-state index contributed by atoms with van der Waals surface area (Å²) in [5.41, 5.74) is 2.19. The van der Waals surface area contributed by atoms with Crippen LogP contribution in [-0.2, 0) is 4.79 Å². The summed E-state index contributed by atoms with van der Waals surface area (Å²) in [5, 5.41) is 9.84. The van der Waals surface area contributed by atoms with Crippen molar-refractivity contribution >= 4 is 23.2 Å². The number of phenols is 1. The Hall–Kier alpha value is -3.65. The molecule has 0 aliphatic carbocycles. The molecule has 8 heteroatoms. The van der Waals surface area contributed by atoms with Gasteiger partial charge in [0.15, 0.2) is 22.1 Å². The number of nitrogens with zero attached hydrogens (tertiary/aromatic N) is 2. The van der Waals surface area contributed by atoms with Crippen molar-refractivity contribution < 1.29 is 19.4 Å². The quantitative estimate of drug-likeness (QED) is 0.645. The topological polar surface area (TPSA) is 90.1 Å². The number of allylic oxidation sites excluding steroid dienone is 2. The van der Waals surface area contributed by atoms with Gasteiger partial charge in [0.25, 0.3) is 5.56 Å². The highest BCUT2D eigenvalue weighted by atomic mass is 32.1. The zero-order valence-electron chi connectivity index (χ0n) is 18.1. The summed E-state index contributed by atoms with van der Waals surface area (Å²) in [6.07, 6.45) is 1.72. The van der Waals surface area contributed by atoms with Crippen LogP contribution in [0.25, 0.3) is 6.08 Å². The molecule has 0 saturated heterocycles. The van der Waals surface area contributed by atoms with E-state index in [0.29, 0.717) is 43.2 Å². The van der Waals surface area contributed by atoms with Gasteiger partial charge >= 0.3 is 0 Å². The van der Waals surface area contributed by atoms with E-state index in [-0.39, 0.29) is 17.1 Å². The Morgan fingerprint density at radius 3 is 2.56 bits per heavy atom. The number of hydrogen-bond acceptors (Lipinski definition) is 7. The van der Waals surface area contributed by atoms with E-state index in [0.717, 1.165) is 0 Å². The minimum absolute atomic E-state index is 0.0176. The Labute approximate surface area is 188 Å². The SMILES string of the molecule is COc1cc(C=c2sc3n(c2=O)C(c2ccccc2OC)C(C(C)=O)=C(C)N=3)ccc1O. The number of methoxy groups -OCH3 is 2. The third-order valence-corrected chi connectivity index (χ3v) is 6.32. The molecule has 1 N–H and O–H groups in total. The fourth-order valence-corrected chi connectivity index (χ4v) is 4.94. The molecule has 2 aromatic carbocycles. The largest absolute Gasteiger partial charge is 0.504 e. The molecule has 0 saturated carbocycles. The van der Waals surface area contributed by atoms with Crippen LogP contribution < -0.4 is 24.4 Å². The molecule has 0 amide bonds. The smallest absolute Gasteiger partial charge is 0.271 e. The highest BCUT2D eigenvalue weighted by molar-refractivity contribution is 7.07. The third kappa shape index (κ3) is 3.62. The van der Waals surface area contributed by atoms with Crippen molar-refractivity contribution in [1.29, 1.82) is 0 Å². The van der Waals surface area contributed by atoms with Gasteiger partial charge in [0.1, 0.15) is 5.75 Å². The van der Waals surface area contributed by atoms with Crippen molar-refractivity contribution in [3.05, 3.63) is 84.5 Å². The van der Waals surface area contributed by atoms with Crippen LogP contribution in [0.1, 0.15) is 31.0 Å². The van der Waals surface area contributed by atoms with Gasteiger partial charge in [-0.2, -0.15) is 0 Å². The molecule has 1 aromatic heterocycles. The van der Waals surface area contributed by atoms with Crippen LogP contribution in [0.4, 0.5) is 0 Å². The number of Topliss-reactive ketones (excluding diaryl/α,β-unsaturated/α-hetero) is 1. The lowest BCUT2D eigenvalue weighted by Gasteiger charge is -2.25. The van der Waals surface area contributed by atoms with Crippen LogP contribution in [0.2, 0.25) is 0 Å². The minimum atomic E-state index is -0.642. The summed E-state index contributed by atoms with van der Waals surface area (Å²) in [4.78, 5) is 31.2. The molecular formula is C24H22N2O5S. The van der Waals surface area contributed by atoms with Crippen molar-refractivity contribution in [3.63, 3.8) is 0 Å². The van der Waals surface area contributed by atoms with Gasteiger partial charge in [-0.25, -0.2) is 4.99 Å². The number of ketones is 1. The average Bonchev–Trinajstić information content (AvgIpc) is 3.08. The normalized spacial score (nSPS) is 15.9. The lowest BCUT2D eigenvalue weighted by molar-refractivity contribution is -0.114. The fraction of sp³-hybridized carbons (Fsp3) is 0.208. The molecule has 0 bridgehead atoms. The van der Waals surface area contributed by atoms with Gasteiger partial charge in [-0.1, -0.05) is 35.6 Å². The summed E-state index contributed by atoms with van der Waals surface area (Å²) in [6.45, 7) is 3.26. The van der Waals surface area contributed by atoms with E-state index in [4.69, 9.17) is 9.47 Å². The number of fused-ring (bicyclic) bond motifs is 1. The van der Waals surface area contributed by atoms with Crippen molar-refractivity contribution in [1.82, 2.24) is 4.57 Å². The lowest BCUT2D eigenvalue weighted by atomic mass is 9.93. The van der Waals surface area contributed by atoms with Crippen LogP contribution in [-0.4, -0.2) is 29.7 Å². The molecule has 1 aliphatic rings. The number of phenolic OH excluding ortho intramolecular Hbond substituents is 1. The first kappa shape index (κ1) is 21.6. The Balaban J connectivity index is 1.99. The molecule has 4 rings (SSSR count). The lowest BCUT2D eigenvalue weighted by Crippen LogP contribution is -2.39. The molecule has 0 fully saturated rings. The van der Waals surface area contributed by atoms with Crippen LogP contribution >= 0.6 is 11.3 Å². The number of aromatic nitrogens is 1. The number of para-hydroxylation sites is 1. The van der Waals surface area contributed by atoms with E-state index in [9.17, 15) is 14.7 Å². The maximum atomic E-state index is 13.5. The number of ether oxygens (including phenoxy) is 2. The van der Waals surface area contributed by atoms with Crippen LogP contribution in [0.15, 0.2) is 63.5 Å². The molecular weight excluding hydrogens is 428 g/mol. The van der Waals surface area contributed by atoms with Crippen molar-refractivity contribution in [2.24, 2.45) is 4.99 Å². The zero-order chi connectivity index (χ0) is 23.0. The highest BCUT2D eigenvalue weighted by Gasteiger charge is 2.32. The van der Waals surface area contributed by atoms with Crippen LogP contribution in [0.5, 0.6) is 17.2 Å². The molecule has 1 aliphatic heterocycles. The van der Waals surface area contributed by atoms with E-state index in [1.807, 2.05) is 18.2 Å². The number of hydrogen-bond donors (Lipinski definition) is 1. The average molecular weight is 451 g/mol. The standard InChI is InChI=1S/C24H22N2O5S/c1-13-21(14(2)27)22(16-7-5-6-8-18(16)30-3)26-23(29)20(32-24(26)25-13)12-15-9-10-17(28)19(11-15)31-4/h5-12,22,28H,1-4H3. The Bertz CT molecular complexity index is 1430. The van der Waals surface area contributed by atoms with Crippen molar-refractivity contribution in [2.45, 2.75) is 19.9 Å². The Kier molecular flexibility index (Phi) is 5.71. The summed E-state index contributed by atoms with van der Waals surface area (Å²) >= 11 is 1.24.